The third-order valence-electron chi connectivity index (χ3n) is 2.50. The summed E-state index contributed by atoms with van der Waals surface area (Å²) in [6.07, 6.45) is 1.67. The molecule has 0 aliphatic rings. The van der Waals surface area contributed by atoms with Crippen molar-refractivity contribution in [2.75, 3.05) is 0 Å². The molecule has 3 aromatic rings. The number of furan rings is 1. The fourth-order valence-electron chi connectivity index (χ4n) is 1.66. The minimum absolute atomic E-state index is 0.797. The lowest BCUT2D eigenvalue weighted by Crippen LogP contribution is -1.83. The summed E-state index contributed by atoms with van der Waals surface area (Å²) in [6, 6.07) is 15.2. The third kappa shape index (κ3) is 2.15. The van der Waals surface area contributed by atoms with Gasteiger partial charge < -0.3 is 9.15 Å². The van der Waals surface area contributed by atoms with Crippen LogP contribution in [0, 0.1) is 0 Å². The van der Waals surface area contributed by atoms with E-state index in [1.54, 1.807) is 6.26 Å². The minimum atomic E-state index is 0.797. The van der Waals surface area contributed by atoms with Gasteiger partial charge in [-0.2, -0.15) is 0 Å². The van der Waals surface area contributed by atoms with Gasteiger partial charge >= 0.3 is 0 Å². The Labute approximate surface area is 104 Å². The summed E-state index contributed by atoms with van der Waals surface area (Å²) in [5.74, 6) is 1.59. The Kier molecular flexibility index (Phi) is 2.53. The van der Waals surface area contributed by atoms with E-state index < -0.39 is 0 Å². The predicted molar refractivity (Wildman–Crippen MR) is 70.0 cm³/mol. The van der Waals surface area contributed by atoms with E-state index in [4.69, 9.17) is 9.15 Å². The number of hydrogen-bond donors (Lipinski definition) is 1. The average molecular weight is 242 g/mol. The Morgan fingerprint density at radius 2 is 1.65 bits per heavy atom. The van der Waals surface area contributed by atoms with Gasteiger partial charge in [0, 0.05) is 10.3 Å². The highest BCUT2D eigenvalue weighted by atomic mass is 32.1. The van der Waals surface area contributed by atoms with Gasteiger partial charge in [0.2, 0.25) is 0 Å². The predicted octanol–water partition coefficient (Wildman–Crippen LogP) is 4.51. The smallest absolute Gasteiger partial charge is 0.134 e. The van der Waals surface area contributed by atoms with Crippen LogP contribution in [0.1, 0.15) is 0 Å². The second-order valence-corrected chi connectivity index (χ2v) is 4.23. The molecule has 1 aromatic heterocycles. The highest BCUT2D eigenvalue weighted by molar-refractivity contribution is 7.80. The van der Waals surface area contributed by atoms with Gasteiger partial charge in [0.05, 0.1) is 6.26 Å². The summed E-state index contributed by atoms with van der Waals surface area (Å²) >= 11 is 4.23. The topological polar surface area (TPSA) is 22.4 Å². The number of thiol groups is 1. The van der Waals surface area contributed by atoms with E-state index in [2.05, 4.69) is 12.6 Å². The third-order valence-corrected chi connectivity index (χ3v) is 2.79. The van der Waals surface area contributed by atoms with Gasteiger partial charge in [-0.25, -0.2) is 0 Å². The van der Waals surface area contributed by atoms with Gasteiger partial charge in [0.15, 0.2) is 0 Å². The molecule has 0 amide bonds. The SMILES string of the molecule is Sc1ccc(Oc2ccc3occc3c2)cc1. The van der Waals surface area contributed by atoms with Crippen molar-refractivity contribution in [3.05, 3.63) is 54.8 Å². The van der Waals surface area contributed by atoms with Gasteiger partial charge in [-0.1, -0.05) is 0 Å². The highest BCUT2D eigenvalue weighted by Gasteiger charge is 2.01. The summed E-state index contributed by atoms with van der Waals surface area (Å²) < 4.78 is 11.0. The fourth-order valence-corrected chi connectivity index (χ4v) is 1.81. The Bertz CT molecular complexity index is 641. The van der Waals surface area contributed by atoms with Crippen molar-refractivity contribution in [2.24, 2.45) is 0 Å². The summed E-state index contributed by atoms with van der Waals surface area (Å²) in [4.78, 5) is 0.919. The maximum absolute atomic E-state index is 5.74. The summed E-state index contributed by atoms with van der Waals surface area (Å²) in [6.45, 7) is 0. The summed E-state index contributed by atoms with van der Waals surface area (Å²) in [5.41, 5.74) is 0.864. The number of ether oxygens (including phenoxy) is 1. The van der Waals surface area contributed by atoms with Crippen LogP contribution in [0.5, 0.6) is 11.5 Å². The van der Waals surface area contributed by atoms with Crippen LogP contribution in [-0.4, -0.2) is 0 Å². The van der Waals surface area contributed by atoms with E-state index in [0.29, 0.717) is 0 Å². The van der Waals surface area contributed by atoms with Gasteiger partial charge in [-0.3, -0.25) is 0 Å². The number of rotatable bonds is 2. The zero-order valence-corrected chi connectivity index (χ0v) is 9.85. The van der Waals surface area contributed by atoms with Gasteiger partial charge in [0.25, 0.3) is 0 Å². The minimum Gasteiger partial charge on any atom is -0.464 e. The lowest BCUT2D eigenvalue weighted by Gasteiger charge is -2.05. The maximum Gasteiger partial charge on any atom is 0.134 e. The zero-order valence-electron chi connectivity index (χ0n) is 8.96. The molecular formula is C14H10O2S. The molecule has 0 aliphatic heterocycles. The first-order valence-corrected chi connectivity index (χ1v) is 5.70. The van der Waals surface area contributed by atoms with E-state index in [-0.39, 0.29) is 0 Å². The molecule has 0 unspecified atom stereocenters. The normalized spacial score (nSPS) is 10.6. The largest absolute Gasteiger partial charge is 0.464 e. The molecule has 0 bridgehead atoms. The quantitative estimate of drug-likeness (QED) is 0.668. The second-order valence-electron chi connectivity index (χ2n) is 3.72. The van der Waals surface area contributed by atoms with Gasteiger partial charge in [0.1, 0.15) is 17.1 Å². The first-order valence-electron chi connectivity index (χ1n) is 5.25. The van der Waals surface area contributed by atoms with E-state index in [1.807, 2.05) is 48.5 Å². The highest BCUT2D eigenvalue weighted by Crippen LogP contribution is 2.26. The molecule has 0 spiro atoms. The lowest BCUT2D eigenvalue weighted by molar-refractivity contribution is 0.482. The van der Waals surface area contributed by atoms with Gasteiger partial charge in [-0.15, -0.1) is 12.6 Å². The van der Waals surface area contributed by atoms with Crippen LogP contribution in [0.4, 0.5) is 0 Å². The van der Waals surface area contributed by atoms with Crippen molar-refractivity contribution in [1.29, 1.82) is 0 Å². The molecule has 0 saturated carbocycles. The lowest BCUT2D eigenvalue weighted by atomic mass is 10.2. The second kappa shape index (κ2) is 4.18. The number of fused-ring (bicyclic) bond motifs is 1. The standard InChI is InChI=1S/C14H10O2S/c17-13-4-1-11(2-5-13)16-12-3-6-14-10(9-12)7-8-15-14/h1-9,17H. The molecule has 3 rings (SSSR count). The molecule has 3 heteroatoms. The fraction of sp³-hybridized carbons (Fsp3) is 0. The van der Waals surface area contributed by atoms with Crippen LogP contribution < -0.4 is 4.74 Å². The Hall–Kier alpha value is -1.87. The molecule has 0 radical (unpaired) electrons. The molecule has 0 N–H and O–H groups in total. The van der Waals surface area contributed by atoms with Crippen molar-refractivity contribution in [3.8, 4) is 11.5 Å². The molecule has 84 valence electrons. The number of hydrogen-bond acceptors (Lipinski definition) is 3. The van der Waals surface area contributed by atoms with Gasteiger partial charge in [-0.05, 0) is 48.5 Å². The van der Waals surface area contributed by atoms with Crippen molar-refractivity contribution in [1.82, 2.24) is 0 Å². The molecule has 2 nitrogen and oxygen atoms in total. The van der Waals surface area contributed by atoms with E-state index in [9.17, 15) is 0 Å². The Morgan fingerprint density at radius 3 is 2.47 bits per heavy atom. The van der Waals surface area contributed by atoms with Crippen LogP contribution >= 0.6 is 12.6 Å². The monoisotopic (exact) mass is 242 g/mol. The van der Waals surface area contributed by atoms with Crippen molar-refractivity contribution >= 4 is 23.6 Å². The number of benzene rings is 2. The molecule has 1 heterocycles. The molecule has 0 fully saturated rings. The van der Waals surface area contributed by atoms with Crippen molar-refractivity contribution < 1.29 is 9.15 Å². The van der Waals surface area contributed by atoms with Crippen LogP contribution in [0.25, 0.3) is 11.0 Å². The van der Waals surface area contributed by atoms with E-state index in [1.165, 1.54) is 0 Å². The maximum atomic E-state index is 5.74. The Balaban J connectivity index is 1.91. The average Bonchev–Trinajstić information content (AvgIpc) is 2.79. The van der Waals surface area contributed by atoms with Crippen LogP contribution in [0.15, 0.2) is 64.1 Å². The molecule has 17 heavy (non-hydrogen) atoms. The Morgan fingerprint density at radius 1 is 0.882 bits per heavy atom. The van der Waals surface area contributed by atoms with Crippen molar-refractivity contribution in [2.45, 2.75) is 4.90 Å². The van der Waals surface area contributed by atoms with E-state index in [0.717, 1.165) is 27.4 Å². The molecule has 2 aromatic carbocycles. The summed E-state index contributed by atoms with van der Waals surface area (Å²) in [5, 5.41) is 1.04. The zero-order chi connectivity index (χ0) is 11.7. The molecule has 0 aliphatic carbocycles. The van der Waals surface area contributed by atoms with E-state index >= 15 is 0 Å². The van der Waals surface area contributed by atoms with Crippen LogP contribution in [0.3, 0.4) is 0 Å². The first kappa shape index (κ1) is 10.3. The summed E-state index contributed by atoms with van der Waals surface area (Å²) in [7, 11) is 0. The molecular weight excluding hydrogens is 232 g/mol. The first-order chi connectivity index (χ1) is 8.31. The van der Waals surface area contributed by atoms with Crippen LogP contribution in [-0.2, 0) is 0 Å². The van der Waals surface area contributed by atoms with Crippen molar-refractivity contribution in [3.63, 3.8) is 0 Å². The van der Waals surface area contributed by atoms with Crippen LogP contribution in [0.2, 0.25) is 0 Å². The molecule has 0 saturated heterocycles. The molecule has 0 atom stereocenters.